The third-order valence-electron chi connectivity index (χ3n) is 4.32. The number of anilines is 1. The number of nitrogens with zero attached hydrogens (tertiary/aromatic N) is 2. The minimum Gasteiger partial charge on any atom is -1.00 e. The molecular weight excluding hydrogens is 449 g/mol. The number of amides is 2. The number of benzene rings is 1. The Labute approximate surface area is 172 Å². The molecule has 2 amide bonds. The molecule has 146 valence electrons. The van der Waals surface area contributed by atoms with E-state index in [1.807, 2.05) is 0 Å². The van der Waals surface area contributed by atoms with Gasteiger partial charge < -0.3 is 48.2 Å². The smallest absolute Gasteiger partial charge is 0.414 e. The van der Waals surface area contributed by atoms with Crippen molar-refractivity contribution in [3.05, 3.63) is 24.3 Å². The molecule has 0 bridgehead atoms. The largest absolute Gasteiger partial charge is 1.00 e. The van der Waals surface area contributed by atoms with Crippen LogP contribution >= 0.6 is 0 Å². The van der Waals surface area contributed by atoms with Crippen molar-refractivity contribution in [1.29, 1.82) is 0 Å². The quantitative estimate of drug-likeness (QED) is 0.420. The number of morpholine rings is 1. The number of halogens is 1. The zero-order valence-electron chi connectivity index (χ0n) is 15.7. The fraction of sp³-hybridized carbons (Fsp3) is 0.556. The van der Waals surface area contributed by atoms with Crippen LogP contribution in [0, 0.1) is 0 Å². The SMILES string of the molecule is CCC[N+]1(CC(=O)Nc2ccccc2OC(=O)N(C)C)CCOCC1.[I-]. The van der Waals surface area contributed by atoms with E-state index in [1.165, 1.54) is 4.90 Å². The second-order valence-electron chi connectivity index (χ2n) is 6.59. The Morgan fingerprint density at radius 2 is 1.88 bits per heavy atom. The van der Waals surface area contributed by atoms with E-state index in [1.54, 1.807) is 38.4 Å². The number of ether oxygens (including phenoxy) is 2. The molecule has 1 heterocycles. The molecule has 0 aromatic heterocycles. The number of nitrogens with one attached hydrogen (secondary N) is 1. The Bertz CT molecular complexity index is 598. The van der Waals surface area contributed by atoms with Crippen LogP contribution in [-0.4, -0.2) is 74.9 Å². The summed E-state index contributed by atoms with van der Waals surface area (Å²) in [6.07, 6.45) is 0.536. The lowest BCUT2D eigenvalue weighted by Gasteiger charge is -2.40. The van der Waals surface area contributed by atoms with Gasteiger partial charge in [-0.15, -0.1) is 0 Å². The molecule has 0 aliphatic carbocycles. The molecule has 0 saturated carbocycles. The van der Waals surface area contributed by atoms with E-state index < -0.39 is 6.09 Å². The van der Waals surface area contributed by atoms with Gasteiger partial charge in [0.15, 0.2) is 12.3 Å². The molecule has 1 fully saturated rings. The molecule has 0 spiro atoms. The van der Waals surface area contributed by atoms with Crippen molar-refractivity contribution in [2.75, 3.05) is 58.8 Å². The molecule has 0 atom stereocenters. The lowest BCUT2D eigenvalue weighted by molar-refractivity contribution is -0.927. The summed E-state index contributed by atoms with van der Waals surface area (Å²) in [5.74, 6) is 0.266. The number of quaternary nitrogens is 1. The van der Waals surface area contributed by atoms with Gasteiger partial charge in [-0.2, -0.15) is 0 Å². The van der Waals surface area contributed by atoms with Gasteiger partial charge in [0, 0.05) is 14.1 Å². The van der Waals surface area contributed by atoms with E-state index >= 15 is 0 Å². The van der Waals surface area contributed by atoms with E-state index in [-0.39, 0.29) is 29.9 Å². The first-order valence-electron chi connectivity index (χ1n) is 8.66. The Balaban J connectivity index is 0.00000338. The van der Waals surface area contributed by atoms with Gasteiger partial charge in [0.25, 0.3) is 5.91 Å². The Morgan fingerprint density at radius 1 is 1.23 bits per heavy atom. The molecule has 1 aromatic rings. The van der Waals surface area contributed by atoms with Crippen LogP contribution in [0.3, 0.4) is 0 Å². The standard InChI is InChI=1S/C18H27N3O4.HI/c1-4-9-21(10-12-24-13-11-21)14-17(22)19-15-7-5-6-8-16(15)25-18(23)20(2)3;/h5-8H,4,9-14H2,1-3H3;1H. The van der Waals surface area contributed by atoms with Crippen LogP contribution in [0.5, 0.6) is 5.75 Å². The first kappa shape index (κ1) is 22.7. The number of hydrogen-bond acceptors (Lipinski definition) is 4. The molecule has 7 nitrogen and oxygen atoms in total. The average Bonchev–Trinajstić information content (AvgIpc) is 2.57. The summed E-state index contributed by atoms with van der Waals surface area (Å²) in [7, 11) is 3.22. The summed E-state index contributed by atoms with van der Waals surface area (Å²) >= 11 is 0. The maximum Gasteiger partial charge on any atom is 0.414 e. The number of carbonyl (C=O) groups is 2. The Kier molecular flexibility index (Phi) is 9.31. The van der Waals surface area contributed by atoms with E-state index in [9.17, 15) is 9.59 Å². The summed E-state index contributed by atoms with van der Waals surface area (Å²) in [4.78, 5) is 25.7. The number of rotatable bonds is 6. The van der Waals surface area contributed by atoms with Gasteiger partial charge in [-0.25, -0.2) is 4.79 Å². The van der Waals surface area contributed by atoms with Gasteiger partial charge in [0.1, 0.15) is 13.1 Å². The summed E-state index contributed by atoms with van der Waals surface area (Å²) in [6, 6.07) is 6.97. The van der Waals surface area contributed by atoms with Gasteiger partial charge in [-0.05, 0) is 18.6 Å². The molecule has 2 rings (SSSR count). The lowest BCUT2D eigenvalue weighted by Crippen LogP contribution is -3.00. The topological polar surface area (TPSA) is 67.9 Å². The summed E-state index contributed by atoms with van der Waals surface area (Å²) in [5.41, 5.74) is 0.505. The molecule has 1 aromatic carbocycles. The van der Waals surface area contributed by atoms with Crippen molar-refractivity contribution in [3.63, 3.8) is 0 Å². The first-order valence-corrected chi connectivity index (χ1v) is 8.66. The van der Waals surface area contributed by atoms with Gasteiger partial charge >= 0.3 is 6.09 Å². The maximum absolute atomic E-state index is 12.6. The van der Waals surface area contributed by atoms with Crippen LogP contribution in [0.25, 0.3) is 0 Å². The van der Waals surface area contributed by atoms with Crippen LogP contribution in [-0.2, 0) is 9.53 Å². The van der Waals surface area contributed by atoms with Gasteiger partial charge in [-0.3, -0.25) is 4.79 Å². The van der Waals surface area contributed by atoms with Crippen molar-refractivity contribution in [2.45, 2.75) is 13.3 Å². The Morgan fingerprint density at radius 3 is 2.50 bits per heavy atom. The molecule has 0 radical (unpaired) electrons. The summed E-state index contributed by atoms with van der Waals surface area (Å²) in [5, 5.41) is 2.89. The van der Waals surface area contributed by atoms with Gasteiger partial charge in [0.2, 0.25) is 0 Å². The van der Waals surface area contributed by atoms with Gasteiger partial charge in [-0.1, -0.05) is 19.1 Å². The third-order valence-corrected chi connectivity index (χ3v) is 4.32. The predicted molar refractivity (Wildman–Crippen MR) is 95.6 cm³/mol. The van der Waals surface area contributed by atoms with E-state index in [0.29, 0.717) is 31.2 Å². The monoisotopic (exact) mass is 477 g/mol. The van der Waals surface area contributed by atoms with Gasteiger partial charge in [0.05, 0.1) is 25.4 Å². The van der Waals surface area contributed by atoms with Crippen LogP contribution in [0.2, 0.25) is 0 Å². The molecule has 1 aliphatic heterocycles. The van der Waals surface area contributed by atoms with Crippen LogP contribution < -0.4 is 34.0 Å². The molecule has 26 heavy (non-hydrogen) atoms. The number of para-hydroxylation sites is 2. The fourth-order valence-electron chi connectivity index (χ4n) is 3.00. The number of hydrogen-bond donors (Lipinski definition) is 1. The third kappa shape index (κ3) is 6.40. The lowest BCUT2D eigenvalue weighted by atomic mass is 10.2. The molecular formula is C18H28IN3O4. The molecule has 8 heteroatoms. The predicted octanol–water partition coefficient (Wildman–Crippen LogP) is -1.05. The van der Waals surface area contributed by atoms with Crippen molar-refractivity contribution >= 4 is 17.7 Å². The summed E-state index contributed by atoms with van der Waals surface area (Å²) in [6.45, 7) is 6.54. The Hall–Kier alpha value is -1.39. The maximum atomic E-state index is 12.6. The van der Waals surface area contributed by atoms with Crippen LogP contribution in [0.4, 0.5) is 10.5 Å². The highest BCUT2D eigenvalue weighted by molar-refractivity contribution is 5.93. The second kappa shape index (κ2) is 10.7. The average molecular weight is 477 g/mol. The highest BCUT2D eigenvalue weighted by Gasteiger charge is 2.32. The van der Waals surface area contributed by atoms with Crippen molar-refractivity contribution in [3.8, 4) is 5.75 Å². The van der Waals surface area contributed by atoms with Crippen molar-refractivity contribution < 1.29 is 47.5 Å². The summed E-state index contributed by atoms with van der Waals surface area (Å²) < 4.78 is 11.5. The minimum absolute atomic E-state index is 0. The van der Waals surface area contributed by atoms with E-state index in [2.05, 4.69) is 12.2 Å². The normalized spacial score (nSPS) is 15.5. The first-order chi connectivity index (χ1) is 12.0. The van der Waals surface area contributed by atoms with Crippen LogP contribution in [0.15, 0.2) is 24.3 Å². The van der Waals surface area contributed by atoms with Crippen molar-refractivity contribution in [1.82, 2.24) is 4.90 Å². The number of carbonyl (C=O) groups excluding carboxylic acids is 2. The molecule has 1 N–H and O–H groups in total. The zero-order chi connectivity index (χ0) is 18.3. The minimum atomic E-state index is -0.482. The van der Waals surface area contributed by atoms with Crippen molar-refractivity contribution in [2.24, 2.45) is 0 Å². The van der Waals surface area contributed by atoms with Crippen LogP contribution in [0.1, 0.15) is 13.3 Å². The molecule has 0 unspecified atom stereocenters. The fourth-order valence-corrected chi connectivity index (χ4v) is 3.00. The highest BCUT2D eigenvalue weighted by atomic mass is 127. The molecule has 1 saturated heterocycles. The molecule has 1 aliphatic rings. The highest BCUT2D eigenvalue weighted by Crippen LogP contribution is 2.24. The zero-order valence-corrected chi connectivity index (χ0v) is 17.8. The second-order valence-corrected chi connectivity index (χ2v) is 6.59. The van der Waals surface area contributed by atoms with E-state index in [0.717, 1.165) is 30.5 Å². The van der Waals surface area contributed by atoms with E-state index in [4.69, 9.17) is 9.47 Å².